The van der Waals surface area contributed by atoms with E-state index in [1.54, 1.807) is 18.2 Å². The summed E-state index contributed by atoms with van der Waals surface area (Å²) in [5.41, 5.74) is 4.52. The summed E-state index contributed by atoms with van der Waals surface area (Å²) in [7, 11) is 0. The smallest absolute Gasteiger partial charge is 0.250 e. The number of hydrogen-bond donors (Lipinski definition) is 2. The average Bonchev–Trinajstić information content (AvgIpc) is 2.79. The lowest BCUT2D eigenvalue weighted by Crippen LogP contribution is -2.51. The number of alkyl halides is 1. The zero-order valence-corrected chi connectivity index (χ0v) is 17.5. The minimum atomic E-state index is -1.42. The normalized spacial score (nSPS) is 32.0. The van der Waals surface area contributed by atoms with Crippen LogP contribution in [0.5, 0.6) is 0 Å². The molecule has 31 heavy (non-hydrogen) atoms. The van der Waals surface area contributed by atoms with Crippen molar-refractivity contribution in [1.82, 2.24) is 0 Å². The first-order chi connectivity index (χ1) is 14.9. The van der Waals surface area contributed by atoms with Gasteiger partial charge in [-0.1, -0.05) is 6.08 Å². The molecule has 3 aliphatic heterocycles. The molecule has 3 heterocycles. The molecule has 0 spiro atoms. The Hall–Kier alpha value is -2.70. The average molecular weight is 445 g/mol. The summed E-state index contributed by atoms with van der Waals surface area (Å²) in [6.45, 7) is -0.397. The SMILES string of the molecule is N#CC1(C(=O)Nc2ccc(F)c([C@]34C=C(N)SC[C@@H]3[C@@H](CF)OCC4)c2)C=NC=CC1. The molecule has 0 bridgehead atoms. The number of carbonyl (C=O) groups excluding carboxylic acids is 1. The highest BCUT2D eigenvalue weighted by Gasteiger charge is 2.49. The zero-order chi connectivity index (χ0) is 22.1. The van der Waals surface area contributed by atoms with E-state index in [1.807, 2.05) is 6.07 Å². The molecule has 0 aliphatic carbocycles. The Morgan fingerprint density at radius 3 is 3.03 bits per heavy atom. The molecule has 1 amide bonds. The molecule has 162 valence electrons. The molecule has 1 saturated heterocycles. The van der Waals surface area contributed by atoms with Gasteiger partial charge in [0.05, 0.1) is 17.2 Å². The Kier molecular flexibility index (Phi) is 5.86. The first-order valence-corrected chi connectivity index (χ1v) is 10.9. The number of rotatable bonds is 4. The van der Waals surface area contributed by atoms with Crippen LogP contribution in [0.25, 0.3) is 0 Å². The fourth-order valence-corrected chi connectivity index (χ4v) is 5.67. The minimum absolute atomic E-state index is 0.199. The third kappa shape index (κ3) is 3.75. The van der Waals surface area contributed by atoms with Crippen LogP contribution in [-0.2, 0) is 14.9 Å². The van der Waals surface area contributed by atoms with Crippen LogP contribution >= 0.6 is 11.8 Å². The summed E-state index contributed by atoms with van der Waals surface area (Å²) in [6.07, 6.45) is 6.28. The summed E-state index contributed by atoms with van der Waals surface area (Å²) >= 11 is 1.40. The Balaban J connectivity index is 1.71. The third-order valence-corrected chi connectivity index (χ3v) is 7.17. The highest BCUT2D eigenvalue weighted by Crippen LogP contribution is 2.50. The van der Waals surface area contributed by atoms with E-state index < -0.39 is 35.3 Å². The molecule has 6 nitrogen and oxygen atoms in total. The molecule has 4 atom stereocenters. The molecule has 1 fully saturated rings. The van der Waals surface area contributed by atoms with Crippen molar-refractivity contribution in [1.29, 1.82) is 5.26 Å². The van der Waals surface area contributed by atoms with E-state index in [4.69, 9.17) is 10.5 Å². The molecule has 1 aromatic rings. The second-order valence-corrected chi connectivity index (χ2v) is 9.01. The van der Waals surface area contributed by atoms with Crippen molar-refractivity contribution >= 4 is 29.6 Å². The fraction of sp³-hybridized carbons (Fsp3) is 0.409. The van der Waals surface area contributed by atoms with Crippen LogP contribution in [0.15, 0.2) is 46.6 Å². The van der Waals surface area contributed by atoms with Crippen molar-refractivity contribution in [2.75, 3.05) is 24.4 Å². The molecule has 4 rings (SSSR count). The monoisotopic (exact) mass is 444 g/mol. The van der Waals surface area contributed by atoms with Crippen LogP contribution < -0.4 is 11.1 Å². The molecular formula is C22H22F2N4O2S. The number of ether oxygens (including phenoxy) is 1. The van der Waals surface area contributed by atoms with Crippen molar-refractivity contribution in [3.8, 4) is 6.07 Å². The van der Waals surface area contributed by atoms with Crippen LogP contribution in [0, 0.1) is 28.5 Å². The van der Waals surface area contributed by atoms with Crippen LogP contribution in [0.2, 0.25) is 0 Å². The number of fused-ring (bicyclic) bond motifs is 1. The first kappa shape index (κ1) is 21.5. The lowest BCUT2D eigenvalue weighted by molar-refractivity contribution is -0.120. The second kappa shape index (κ2) is 8.44. The Labute approximate surface area is 183 Å². The number of amides is 1. The minimum Gasteiger partial charge on any atom is -0.394 e. The van der Waals surface area contributed by atoms with Gasteiger partial charge in [-0.25, -0.2) is 8.78 Å². The van der Waals surface area contributed by atoms with Gasteiger partial charge in [0.2, 0.25) is 0 Å². The number of hydrogen-bond acceptors (Lipinski definition) is 6. The van der Waals surface area contributed by atoms with Crippen LogP contribution in [-0.4, -0.2) is 37.3 Å². The van der Waals surface area contributed by atoms with Gasteiger partial charge in [-0.2, -0.15) is 5.26 Å². The van der Waals surface area contributed by atoms with Crippen molar-refractivity contribution < 1.29 is 18.3 Å². The maximum absolute atomic E-state index is 15.1. The summed E-state index contributed by atoms with van der Waals surface area (Å²) < 4.78 is 34.4. The van der Waals surface area contributed by atoms with Crippen molar-refractivity contribution in [2.24, 2.45) is 22.1 Å². The number of aliphatic imine (C=N–C) groups is 1. The topological polar surface area (TPSA) is 100 Å². The maximum atomic E-state index is 15.1. The number of carbonyl (C=O) groups is 1. The van der Waals surface area contributed by atoms with E-state index in [-0.39, 0.29) is 18.9 Å². The van der Waals surface area contributed by atoms with Crippen LogP contribution in [0.3, 0.4) is 0 Å². The van der Waals surface area contributed by atoms with E-state index in [0.717, 1.165) is 0 Å². The molecule has 0 saturated carbocycles. The van der Waals surface area contributed by atoms with Gasteiger partial charge in [-0.3, -0.25) is 9.79 Å². The standard InChI is InChI=1S/C22H22F2N4O2S/c23-10-18-16-11-31-19(26)9-22(16,5-7-30-18)15-8-14(2-3-17(15)24)28-20(29)21(12-25)4-1-6-27-13-21/h1-3,6,8-9,13,16,18H,4-5,7,10-11,26H2,(H,28,29)/t16-,18-,21?,22+/m1/s1. The lowest BCUT2D eigenvalue weighted by Gasteiger charge is -2.48. The maximum Gasteiger partial charge on any atom is 0.250 e. The van der Waals surface area contributed by atoms with Gasteiger partial charge in [-0.15, -0.1) is 11.8 Å². The summed E-state index contributed by atoms with van der Waals surface area (Å²) in [6, 6.07) is 6.29. The van der Waals surface area contributed by atoms with E-state index in [9.17, 15) is 14.4 Å². The second-order valence-electron chi connectivity index (χ2n) is 7.92. The predicted octanol–water partition coefficient (Wildman–Crippen LogP) is 3.42. The fourth-order valence-electron chi connectivity index (χ4n) is 4.49. The molecule has 9 heteroatoms. The molecule has 0 aromatic heterocycles. The highest BCUT2D eigenvalue weighted by molar-refractivity contribution is 8.03. The molecule has 3 aliphatic rings. The number of anilines is 1. The van der Waals surface area contributed by atoms with E-state index in [0.29, 0.717) is 28.5 Å². The van der Waals surface area contributed by atoms with E-state index >= 15 is 4.39 Å². The lowest BCUT2D eigenvalue weighted by atomic mass is 9.65. The van der Waals surface area contributed by atoms with E-state index in [1.165, 1.54) is 36.3 Å². The molecular weight excluding hydrogens is 422 g/mol. The number of halogens is 2. The number of benzene rings is 1. The highest BCUT2D eigenvalue weighted by atomic mass is 32.2. The van der Waals surface area contributed by atoms with Crippen molar-refractivity contribution in [3.05, 3.63) is 53.0 Å². The van der Waals surface area contributed by atoms with Gasteiger partial charge in [0.1, 0.15) is 12.5 Å². The largest absolute Gasteiger partial charge is 0.394 e. The summed E-state index contributed by atoms with van der Waals surface area (Å²) in [5, 5.41) is 12.8. The Morgan fingerprint density at radius 2 is 2.32 bits per heavy atom. The predicted molar refractivity (Wildman–Crippen MR) is 116 cm³/mol. The number of nitrogens with zero attached hydrogens (tertiary/aromatic N) is 2. The summed E-state index contributed by atoms with van der Waals surface area (Å²) in [4.78, 5) is 16.8. The number of nitrogens with two attached hydrogens (primary N) is 1. The third-order valence-electron chi connectivity index (χ3n) is 6.20. The Morgan fingerprint density at radius 1 is 1.48 bits per heavy atom. The van der Waals surface area contributed by atoms with Crippen LogP contribution in [0.4, 0.5) is 14.5 Å². The number of nitriles is 1. The molecule has 1 aromatic carbocycles. The zero-order valence-electron chi connectivity index (χ0n) is 16.7. The first-order valence-electron chi connectivity index (χ1n) is 9.95. The van der Waals surface area contributed by atoms with Crippen molar-refractivity contribution in [3.63, 3.8) is 0 Å². The molecule has 3 N–H and O–H groups in total. The summed E-state index contributed by atoms with van der Waals surface area (Å²) in [5.74, 6) is -0.800. The molecule has 0 radical (unpaired) electrons. The number of allylic oxidation sites excluding steroid dienone is 2. The van der Waals surface area contributed by atoms with E-state index in [2.05, 4.69) is 10.3 Å². The number of thioether (sulfide) groups is 1. The Bertz CT molecular complexity index is 1020. The van der Waals surface area contributed by atoms with Gasteiger partial charge < -0.3 is 15.8 Å². The quantitative estimate of drug-likeness (QED) is 0.741. The van der Waals surface area contributed by atoms with Gasteiger partial charge >= 0.3 is 0 Å². The van der Waals surface area contributed by atoms with Crippen LogP contribution in [0.1, 0.15) is 18.4 Å². The van der Waals surface area contributed by atoms with Gasteiger partial charge in [0.15, 0.2) is 5.41 Å². The van der Waals surface area contributed by atoms with Gasteiger partial charge in [0.25, 0.3) is 5.91 Å². The van der Waals surface area contributed by atoms with Gasteiger partial charge in [-0.05, 0) is 37.1 Å². The molecule has 1 unspecified atom stereocenters. The van der Waals surface area contributed by atoms with Gasteiger partial charge in [0, 0.05) is 47.4 Å². The van der Waals surface area contributed by atoms with Crippen molar-refractivity contribution in [2.45, 2.75) is 24.4 Å². The number of nitrogens with one attached hydrogen (secondary N) is 1.